The average molecular weight is 211 g/mol. The van der Waals surface area contributed by atoms with Gasteiger partial charge in [0.25, 0.3) is 0 Å². The van der Waals surface area contributed by atoms with Crippen LogP contribution < -0.4 is 0 Å². The van der Waals surface area contributed by atoms with Crippen molar-refractivity contribution >= 4 is 23.6 Å². The Kier molecular flexibility index (Phi) is 3.72. The molecule has 1 rings (SSSR count). The zero-order valence-corrected chi connectivity index (χ0v) is 8.58. The number of carboxylic acid groups (broad SMARTS) is 1. The van der Waals surface area contributed by atoms with Gasteiger partial charge in [0.15, 0.2) is 0 Å². The van der Waals surface area contributed by atoms with Crippen molar-refractivity contribution in [1.29, 1.82) is 0 Å². The van der Waals surface area contributed by atoms with E-state index in [-0.39, 0.29) is 6.42 Å². The first-order chi connectivity index (χ1) is 6.59. The molecule has 74 valence electrons. The quantitative estimate of drug-likeness (QED) is 0.832. The fraction of sp³-hybridized carbons (Fsp3) is 0.182. The first-order valence-electron chi connectivity index (χ1n) is 4.24. The lowest BCUT2D eigenvalue weighted by Gasteiger charge is -1.98. The Bertz CT molecular complexity index is 370. The second-order valence-electron chi connectivity index (χ2n) is 3.01. The first-order valence-corrected chi connectivity index (χ1v) is 4.62. The van der Waals surface area contributed by atoms with Gasteiger partial charge in [-0.25, -0.2) is 0 Å². The summed E-state index contributed by atoms with van der Waals surface area (Å²) < 4.78 is 0. The summed E-state index contributed by atoms with van der Waals surface area (Å²) in [5, 5.41) is 9.11. The number of benzene rings is 1. The van der Waals surface area contributed by atoms with E-state index in [0.29, 0.717) is 5.02 Å². The van der Waals surface area contributed by atoms with Gasteiger partial charge in [0.1, 0.15) is 0 Å². The molecule has 0 aliphatic rings. The maximum atomic E-state index is 10.2. The smallest absolute Gasteiger partial charge is 0.307 e. The van der Waals surface area contributed by atoms with E-state index >= 15 is 0 Å². The number of carbonyl (C=O) groups is 1. The largest absolute Gasteiger partial charge is 0.481 e. The monoisotopic (exact) mass is 210 g/mol. The molecule has 0 radical (unpaired) electrons. The van der Waals surface area contributed by atoms with Crippen LogP contribution in [0.15, 0.2) is 24.3 Å². The Balaban J connectivity index is 2.73. The van der Waals surface area contributed by atoms with E-state index < -0.39 is 5.97 Å². The van der Waals surface area contributed by atoms with Crippen LogP contribution in [0.1, 0.15) is 17.5 Å². The minimum atomic E-state index is -0.834. The lowest BCUT2D eigenvalue weighted by Crippen LogP contribution is -1.89. The molecule has 1 N–H and O–H groups in total. The number of rotatable bonds is 3. The number of halogens is 1. The van der Waals surface area contributed by atoms with Gasteiger partial charge in [-0.2, -0.15) is 0 Å². The van der Waals surface area contributed by atoms with E-state index in [0.717, 1.165) is 11.1 Å². The highest BCUT2D eigenvalue weighted by Crippen LogP contribution is 2.17. The van der Waals surface area contributed by atoms with Gasteiger partial charge >= 0.3 is 5.97 Å². The van der Waals surface area contributed by atoms with Crippen molar-refractivity contribution in [3.05, 3.63) is 40.4 Å². The van der Waals surface area contributed by atoms with Crippen molar-refractivity contribution < 1.29 is 9.90 Å². The molecule has 0 aromatic heterocycles. The molecule has 0 bridgehead atoms. The molecular formula is C11H11ClO2. The van der Waals surface area contributed by atoms with Crippen LogP contribution in [0.3, 0.4) is 0 Å². The predicted octanol–water partition coefficient (Wildman–Crippen LogP) is 3.14. The van der Waals surface area contributed by atoms with Crippen molar-refractivity contribution in [2.24, 2.45) is 0 Å². The molecule has 0 spiro atoms. The Morgan fingerprint density at radius 1 is 1.57 bits per heavy atom. The summed E-state index contributed by atoms with van der Waals surface area (Å²) in [6.45, 7) is 1.92. The molecule has 0 saturated carbocycles. The fourth-order valence-electron chi connectivity index (χ4n) is 1.01. The van der Waals surface area contributed by atoms with E-state index in [2.05, 4.69) is 0 Å². The van der Waals surface area contributed by atoms with Crippen LogP contribution in [0, 0.1) is 6.92 Å². The van der Waals surface area contributed by atoms with E-state index in [1.807, 2.05) is 25.1 Å². The summed E-state index contributed by atoms with van der Waals surface area (Å²) >= 11 is 5.91. The van der Waals surface area contributed by atoms with E-state index in [4.69, 9.17) is 16.7 Å². The van der Waals surface area contributed by atoms with Gasteiger partial charge in [-0.1, -0.05) is 35.9 Å². The Hall–Kier alpha value is -1.28. The highest BCUT2D eigenvalue weighted by molar-refractivity contribution is 6.31. The van der Waals surface area contributed by atoms with Crippen molar-refractivity contribution in [3.8, 4) is 0 Å². The minimum absolute atomic E-state index is 0.0332. The number of hydrogen-bond donors (Lipinski definition) is 1. The van der Waals surface area contributed by atoms with Gasteiger partial charge in [0.05, 0.1) is 6.42 Å². The van der Waals surface area contributed by atoms with Crippen LogP contribution in [0.5, 0.6) is 0 Å². The molecule has 1 aromatic carbocycles. The molecule has 3 heteroatoms. The molecule has 0 heterocycles. The highest BCUT2D eigenvalue weighted by atomic mass is 35.5. The summed E-state index contributed by atoms with van der Waals surface area (Å²) in [4.78, 5) is 10.2. The number of aliphatic carboxylic acids is 1. The standard InChI is InChI=1S/C11H11ClO2/c1-8-5-6-9(7-10(8)12)3-2-4-11(13)14/h2-3,5-7H,4H2,1H3,(H,13,14). The molecular weight excluding hydrogens is 200 g/mol. The van der Waals surface area contributed by atoms with Crippen LogP contribution in [-0.2, 0) is 4.79 Å². The molecule has 0 unspecified atom stereocenters. The van der Waals surface area contributed by atoms with Crippen LogP contribution in [0.25, 0.3) is 6.08 Å². The minimum Gasteiger partial charge on any atom is -0.481 e. The van der Waals surface area contributed by atoms with Crippen molar-refractivity contribution in [3.63, 3.8) is 0 Å². The van der Waals surface area contributed by atoms with Crippen LogP contribution in [0.2, 0.25) is 5.02 Å². The Morgan fingerprint density at radius 2 is 2.29 bits per heavy atom. The van der Waals surface area contributed by atoms with Gasteiger partial charge in [-0.3, -0.25) is 4.79 Å². The normalized spacial score (nSPS) is 10.7. The maximum absolute atomic E-state index is 10.2. The number of hydrogen-bond acceptors (Lipinski definition) is 1. The lowest BCUT2D eigenvalue weighted by molar-refractivity contribution is -0.135. The lowest BCUT2D eigenvalue weighted by atomic mass is 10.1. The summed E-state index contributed by atoms with van der Waals surface area (Å²) in [5.41, 5.74) is 1.93. The van der Waals surface area contributed by atoms with E-state index in [9.17, 15) is 4.79 Å². The number of carboxylic acids is 1. The van der Waals surface area contributed by atoms with Crippen LogP contribution in [-0.4, -0.2) is 11.1 Å². The highest BCUT2D eigenvalue weighted by Gasteiger charge is 1.95. The summed E-state index contributed by atoms with van der Waals surface area (Å²) in [6.07, 6.45) is 3.38. The van der Waals surface area contributed by atoms with Gasteiger partial charge in [-0.05, 0) is 24.1 Å². The van der Waals surface area contributed by atoms with Crippen molar-refractivity contribution in [1.82, 2.24) is 0 Å². The third-order valence-corrected chi connectivity index (χ3v) is 2.21. The fourth-order valence-corrected chi connectivity index (χ4v) is 1.20. The summed E-state index contributed by atoms with van der Waals surface area (Å²) in [6, 6.07) is 5.62. The Morgan fingerprint density at radius 3 is 2.86 bits per heavy atom. The van der Waals surface area contributed by atoms with Crippen LogP contribution >= 0.6 is 11.6 Å². The average Bonchev–Trinajstić information content (AvgIpc) is 2.10. The molecule has 1 aromatic rings. The molecule has 0 aliphatic carbocycles. The molecule has 0 amide bonds. The van der Waals surface area contributed by atoms with Crippen LogP contribution in [0.4, 0.5) is 0 Å². The van der Waals surface area contributed by atoms with Crippen molar-refractivity contribution in [2.75, 3.05) is 0 Å². The molecule has 0 atom stereocenters. The summed E-state index contributed by atoms with van der Waals surface area (Å²) in [7, 11) is 0. The molecule has 2 nitrogen and oxygen atoms in total. The molecule has 0 fully saturated rings. The predicted molar refractivity (Wildman–Crippen MR) is 57.5 cm³/mol. The van der Waals surface area contributed by atoms with Crippen molar-refractivity contribution in [2.45, 2.75) is 13.3 Å². The maximum Gasteiger partial charge on any atom is 0.307 e. The molecule has 0 saturated heterocycles. The summed E-state index contributed by atoms with van der Waals surface area (Å²) in [5.74, 6) is -0.834. The zero-order chi connectivity index (χ0) is 10.6. The SMILES string of the molecule is Cc1ccc(C=CCC(=O)O)cc1Cl. The van der Waals surface area contributed by atoms with E-state index in [1.54, 1.807) is 12.2 Å². The third-order valence-electron chi connectivity index (χ3n) is 1.80. The van der Waals surface area contributed by atoms with Gasteiger partial charge < -0.3 is 5.11 Å². The number of aryl methyl sites for hydroxylation is 1. The topological polar surface area (TPSA) is 37.3 Å². The van der Waals surface area contributed by atoms with E-state index in [1.165, 1.54) is 0 Å². The third kappa shape index (κ3) is 3.23. The van der Waals surface area contributed by atoms with Gasteiger partial charge in [0.2, 0.25) is 0 Å². The molecule has 14 heavy (non-hydrogen) atoms. The Labute approximate surface area is 87.8 Å². The second kappa shape index (κ2) is 4.82. The van der Waals surface area contributed by atoms with Gasteiger partial charge in [-0.15, -0.1) is 0 Å². The second-order valence-corrected chi connectivity index (χ2v) is 3.42. The molecule has 0 aliphatic heterocycles. The zero-order valence-electron chi connectivity index (χ0n) is 7.83. The first kappa shape index (κ1) is 10.8. The van der Waals surface area contributed by atoms with Gasteiger partial charge in [0, 0.05) is 5.02 Å².